The van der Waals surface area contributed by atoms with Crippen LogP contribution in [0.5, 0.6) is 0 Å². The van der Waals surface area contributed by atoms with E-state index in [9.17, 15) is 0 Å². The monoisotopic (exact) mass is 604 g/mol. The van der Waals surface area contributed by atoms with Crippen LogP contribution < -0.4 is 5.32 Å². The molecule has 0 saturated carbocycles. The Hall–Kier alpha value is -6.33. The average Bonchev–Trinajstić information content (AvgIpc) is 3.53. The van der Waals surface area contributed by atoms with Gasteiger partial charge >= 0.3 is 0 Å². The summed E-state index contributed by atoms with van der Waals surface area (Å²) in [6, 6.07) is 52.1. The van der Waals surface area contributed by atoms with Gasteiger partial charge in [-0.3, -0.25) is 4.98 Å². The molecule has 5 heteroatoms. The standard InChI is InChI=1S/C42H28N4O/c1-4-11-27(12-5-1)28-18-20-31(21-19-28)41-44-40(30-15-8-3-9-16-30)45-42(46-41)34-23-22-33(29-13-6-2-7-14-29)39-38(34)35-26-36-32(17-10-24-43-36)25-37(35)47-39/h1-26,42H,(H,44,45,46). The van der Waals surface area contributed by atoms with E-state index in [1.807, 2.05) is 42.6 Å². The average molecular weight is 605 g/mol. The van der Waals surface area contributed by atoms with Crippen molar-refractivity contribution in [2.45, 2.75) is 6.17 Å². The van der Waals surface area contributed by atoms with Gasteiger partial charge in [0.1, 0.15) is 22.8 Å². The minimum Gasteiger partial charge on any atom is -0.455 e. The molecule has 1 aliphatic heterocycles. The molecule has 0 spiro atoms. The number of benzene rings is 6. The molecule has 0 fully saturated rings. The van der Waals surface area contributed by atoms with Gasteiger partial charge in [0.2, 0.25) is 0 Å². The first kappa shape index (κ1) is 27.0. The lowest BCUT2D eigenvalue weighted by Crippen LogP contribution is -2.36. The number of furan rings is 1. The van der Waals surface area contributed by atoms with E-state index in [0.29, 0.717) is 0 Å². The topological polar surface area (TPSA) is 62.8 Å². The molecule has 0 aliphatic carbocycles. The summed E-state index contributed by atoms with van der Waals surface area (Å²) in [6.07, 6.45) is 1.32. The zero-order valence-corrected chi connectivity index (χ0v) is 25.3. The Bertz CT molecular complexity index is 2470. The molecule has 1 N–H and O–H groups in total. The summed E-state index contributed by atoms with van der Waals surface area (Å²) in [5.41, 5.74) is 9.96. The number of amidine groups is 2. The van der Waals surface area contributed by atoms with Crippen molar-refractivity contribution in [1.82, 2.24) is 10.3 Å². The lowest BCUT2D eigenvalue weighted by Gasteiger charge is -2.23. The van der Waals surface area contributed by atoms with Crippen molar-refractivity contribution in [3.8, 4) is 22.3 Å². The molecular formula is C42H28N4O. The molecule has 0 amide bonds. The summed E-state index contributed by atoms with van der Waals surface area (Å²) in [5.74, 6) is 1.54. The molecule has 0 radical (unpaired) electrons. The number of aromatic nitrogens is 1. The van der Waals surface area contributed by atoms with Crippen LogP contribution in [-0.2, 0) is 0 Å². The van der Waals surface area contributed by atoms with Crippen molar-refractivity contribution in [3.05, 3.63) is 175 Å². The van der Waals surface area contributed by atoms with Crippen molar-refractivity contribution in [1.29, 1.82) is 0 Å². The number of aliphatic imine (C=N–C) groups is 2. The van der Waals surface area contributed by atoms with E-state index in [1.54, 1.807) is 0 Å². The number of nitrogens with zero attached hydrogens (tertiary/aromatic N) is 3. The quantitative estimate of drug-likeness (QED) is 0.213. The molecule has 1 aliphatic rings. The molecule has 6 aromatic carbocycles. The molecule has 1 atom stereocenters. The molecule has 1 unspecified atom stereocenters. The highest BCUT2D eigenvalue weighted by Crippen LogP contribution is 2.42. The van der Waals surface area contributed by atoms with Crippen molar-refractivity contribution < 1.29 is 4.42 Å². The summed E-state index contributed by atoms with van der Waals surface area (Å²) in [4.78, 5) is 15.2. The van der Waals surface area contributed by atoms with Crippen LogP contribution >= 0.6 is 0 Å². The smallest absolute Gasteiger partial charge is 0.170 e. The molecule has 3 heterocycles. The van der Waals surface area contributed by atoms with Crippen molar-refractivity contribution >= 4 is 44.5 Å². The zero-order chi connectivity index (χ0) is 31.2. The first-order valence-corrected chi connectivity index (χ1v) is 15.7. The van der Waals surface area contributed by atoms with Crippen molar-refractivity contribution in [2.24, 2.45) is 9.98 Å². The van der Waals surface area contributed by atoms with E-state index in [0.717, 1.165) is 77.9 Å². The SMILES string of the molecule is c1ccc(C2=NC(c3ccc(-c4ccccc4)c4oc5cc6cccnc6cc5c34)N=C(c3ccc(-c4ccccc4)cc3)N2)cc1. The largest absolute Gasteiger partial charge is 0.455 e. The predicted octanol–water partition coefficient (Wildman–Crippen LogP) is 9.96. The number of hydrogen-bond donors (Lipinski definition) is 1. The number of pyridine rings is 1. The Morgan fingerprint density at radius 2 is 1.13 bits per heavy atom. The third-order valence-electron chi connectivity index (χ3n) is 8.79. The molecule has 222 valence electrons. The Morgan fingerprint density at radius 1 is 0.532 bits per heavy atom. The van der Waals surface area contributed by atoms with Gasteiger partial charge < -0.3 is 9.73 Å². The molecule has 9 rings (SSSR count). The normalized spacial score (nSPS) is 14.6. The Labute approximate surface area is 271 Å². The molecule has 0 bridgehead atoms. The highest BCUT2D eigenvalue weighted by Gasteiger charge is 2.26. The molecule has 8 aromatic rings. The third-order valence-corrected chi connectivity index (χ3v) is 8.79. The van der Waals surface area contributed by atoms with Crippen molar-refractivity contribution in [3.63, 3.8) is 0 Å². The fourth-order valence-corrected chi connectivity index (χ4v) is 6.46. The molecular weight excluding hydrogens is 576 g/mol. The van der Waals surface area contributed by atoms with Crippen LogP contribution in [0.1, 0.15) is 22.9 Å². The summed E-state index contributed by atoms with van der Waals surface area (Å²) >= 11 is 0. The van der Waals surface area contributed by atoms with E-state index < -0.39 is 6.17 Å². The minimum atomic E-state index is -0.511. The maximum absolute atomic E-state index is 6.72. The van der Waals surface area contributed by atoms with Crippen LogP contribution in [0.2, 0.25) is 0 Å². The van der Waals surface area contributed by atoms with Gasteiger partial charge in [0.25, 0.3) is 0 Å². The van der Waals surface area contributed by atoms with Crippen molar-refractivity contribution in [2.75, 3.05) is 0 Å². The first-order chi connectivity index (χ1) is 23.3. The highest BCUT2D eigenvalue weighted by molar-refractivity contribution is 6.17. The first-order valence-electron chi connectivity index (χ1n) is 15.7. The van der Waals surface area contributed by atoms with E-state index >= 15 is 0 Å². The van der Waals surface area contributed by atoms with E-state index in [1.165, 1.54) is 5.56 Å². The third kappa shape index (κ3) is 4.86. The van der Waals surface area contributed by atoms with E-state index in [2.05, 4.69) is 126 Å². The number of hydrogen-bond acceptors (Lipinski definition) is 5. The molecule has 5 nitrogen and oxygen atoms in total. The molecule has 2 aromatic heterocycles. The predicted molar refractivity (Wildman–Crippen MR) is 192 cm³/mol. The maximum atomic E-state index is 6.72. The second kappa shape index (κ2) is 11.2. The van der Waals surface area contributed by atoms with Gasteiger partial charge in [0, 0.05) is 44.6 Å². The fraction of sp³-hybridized carbons (Fsp3) is 0.0238. The Balaban J connectivity index is 1.25. The Kier molecular flexibility index (Phi) is 6.46. The van der Waals surface area contributed by atoms with Gasteiger partial charge in [-0.1, -0.05) is 133 Å². The minimum absolute atomic E-state index is 0.511. The van der Waals surface area contributed by atoms with Gasteiger partial charge in [-0.15, -0.1) is 0 Å². The second-order valence-electron chi connectivity index (χ2n) is 11.7. The van der Waals surface area contributed by atoms with Gasteiger partial charge in [0.15, 0.2) is 6.17 Å². The van der Waals surface area contributed by atoms with Gasteiger partial charge in [-0.2, -0.15) is 0 Å². The number of fused-ring (bicyclic) bond motifs is 4. The van der Waals surface area contributed by atoms with Gasteiger partial charge in [-0.25, -0.2) is 9.98 Å². The Morgan fingerprint density at radius 3 is 1.83 bits per heavy atom. The maximum Gasteiger partial charge on any atom is 0.170 e. The van der Waals surface area contributed by atoms with Crippen LogP contribution in [-0.4, -0.2) is 16.7 Å². The number of rotatable bonds is 5. The van der Waals surface area contributed by atoms with Crippen LogP contribution in [0.4, 0.5) is 0 Å². The summed E-state index contributed by atoms with van der Waals surface area (Å²) in [7, 11) is 0. The summed E-state index contributed by atoms with van der Waals surface area (Å²) in [5, 5.41) is 6.58. The van der Waals surface area contributed by atoms with E-state index in [4.69, 9.17) is 14.4 Å². The zero-order valence-electron chi connectivity index (χ0n) is 25.3. The van der Waals surface area contributed by atoms with Gasteiger partial charge in [-0.05, 0) is 34.9 Å². The molecule has 47 heavy (non-hydrogen) atoms. The summed E-state index contributed by atoms with van der Waals surface area (Å²) < 4.78 is 6.72. The van der Waals surface area contributed by atoms with Crippen LogP contribution in [0.3, 0.4) is 0 Å². The highest BCUT2D eigenvalue weighted by atomic mass is 16.3. The van der Waals surface area contributed by atoms with E-state index in [-0.39, 0.29) is 0 Å². The molecule has 0 saturated heterocycles. The fourth-order valence-electron chi connectivity index (χ4n) is 6.46. The summed E-state index contributed by atoms with van der Waals surface area (Å²) in [6.45, 7) is 0. The van der Waals surface area contributed by atoms with Crippen LogP contribution in [0.25, 0.3) is 55.1 Å². The second-order valence-corrected chi connectivity index (χ2v) is 11.7. The number of nitrogens with one attached hydrogen (secondary N) is 1. The van der Waals surface area contributed by atoms with Crippen LogP contribution in [0, 0.1) is 0 Å². The lowest BCUT2D eigenvalue weighted by molar-refractivity contribution is 0.669. The lowest BCUT2D eigenvalue weighted by atomic mass is 9.96. The van der Waals surface area contributed by atoms with Crippen LogP contribution in [0.15, 0.2) is 172 Å². The van der Waals surface area contributed by atoms with Gasteiger partial charge in [0.05, 0.1) is 5.52 Å².